The maximum Gasteiger partial charge on any atom is 0.416 e. The van der Waals surface area contributed by atoms with Crippen LogP contribution in [0.5, 0.6) is 11.5 Å². The van der Waals surface area contributed by atoms with Gasteiger partial charge in [0.05, 0.1) is 15.6 Å². The zero-order valence-corrected chi connectivity index (χ0v) is 12.6. The Morgan fingerprint density at radius 1 is 1.10 bits per heavy atom. The number of rotatable bonds is 2. The molecule has 0 fully saturated rings. The standard InChI is InChI=1S/C14H6BrClF3NO/c15-11-6-10(16)2-4-13(11)21-12-3-1-9(14(17,18)19)5-8(12)7-20/h1-6H. The lowest BCUT2D eigenvalue weighted by molar-refractivity contribution is -0.137. The fourth-order valence-corrected chi connectivity index (χ4v) is 2.32. The largest absolute Gasteiger partial charge is 0.455 e. The molecule has 2 rings (SSSR count). The van der Waals surface area contributed by atoms with E-state index >= 15 is 0 Å². The van der Waals surface area contributed by atoms with Crippen LogP contribution in [0.1, 0.15) is 11.1 Å². The number of ether oxygens (including phenoxy) is 1. The second kappa shape index (κ2) is 5.96. The minimum Gasteiger partial charge on any atom is -0.455 e. The molecule has 0 aromatic heterocycles. The summed E-state index contributed by atoms with van der Waals surface area (Å²) in [6.45, 7) is 0. The summed E-state index contributed by atoms with van der Waals surface area (Å²) in [5, 5.41) is 9.44. The molecule has 0 aliphatic heterocycles. The van der Waals surface area contributed by atoms with Crippen LogP contribution in [0.3, 0.4) is 0 Å². The average Bonchev–Trinajstić information content (AvgIpc) is 2.41. The van der Waals surface area contributed by atoms with Crippen LogP contribution in [0.25, 0.3) is 0 Å². The van der Waals surface area contributed by atoms with Crippen molar-refractivity contribution < 1.29 is 17.9 Å². The molecule has 7 heteroatoms. The maximum absolute atomic E-state index is 12.6. The van der Waals surface area contributed by atoms with E-state index in [0.29, 0.717) is 15.2 Å². The highest BCUT2D eigenvalue weighted by Gasteiger charge is 2.31. The monoisotopic (exact) mass is 375 g/mol. The quantitative estimate of drug-likeness (QED) is 0.665. The van der Waals surface area contributed by atoms with E-state index in [1.807, 2.05) is 0 Å². The third kappa shape index (κ3) is 3.69. The van der Waals surface area contributed by atoms with Gasteiger partial charge in [-0.3, -0.25) is 0 Å². The zero-order valence-electron chi connectivity index (χ0n) is 10.2. The Balaban J connectivity index is 2.39. The van der Waals surface area contributed by atoms with Gasteiger partial charge in [0.1, 0.15) is 17.6 Å². The van der Waals surface area contributed by atoms with Crippen molar-refractivity contribution in [2.45, 2.75) is 6.18 Å². The molecule has 2 aromatic carbocycles. The Hall–Kier alpha value is -1.71. The van der Waals surface area contributed by atoms with Crippen LogP contribution in [0.15, 0.2) is 40.9 Å². The minimum absolute atomic E-state index is 0.0357. The molecule has 2 aromatic rings. The van der Waals surface area contributed by atoms with Crippen molar-refractivity contribution >= 4 is 27.5 Å². The van der Waals surface area contributed by atoms with Crippen molar-refractivity contribution in [1.29, 1.82) is 5.26 Å². The van der Waals surface area contributed by atoms with Gasteiger partial charge < -0.3 is 4.74 Å². The maximum atomic E-state index is 12.6. The fraction of sp³-hybridized carbons (Fsp3) is 0.0714. The van der Waals surface area contributed by atoms with Crippen molar-refractivity contribution in [2.75, 3.05) is 0 Å². The van der Waals surface area contributed by atoms with Gasteiger partial charge in [-0.25, -0.2) is 0 Å². The van der Waals surface area contributed by atoms with E-state index in [0.717, 1.165) is 18.2 Å². The molecule has 108 valence electrons. The number of benzene rings is 2. The molecule has 0 atom stereocenters. The molecule has 0 saturated carbocycles. The Bertz CT molecular complexity index is 725. The first-order valence-corrected chi connectivity index (χ1v) is 6.72. The van der Waals surface area contributed by atoms with Crippen molar-refractivity contribution in [2.24, 2.45) is 0 Å². The molecule has 0 aliphatic rings. The first-order chi connectivity index (χ1) is 9.81. The van der Waals surface area contributed by atoms with Crippen LogP contribution < -0.4 is 4.74 Å². The molecule has 21 heavy (non-hydrogen) atoms. The fourth-order valence-electron chi connectivity index (χ4n) is 1.56. The van der Waals surface area contributed by atoms with Gasteiger partial charge in [0.15, 0.2) is 0 Å². The first-order valence-electron chi connectivity index (χ1n) is 5.55. The summed E-state index contributed by atoms with van der Waals surface area (Å²) >= 11 is 9.01. The van der Waals surface area contributed by atoms with E-state index < -0.39 is 11.7 Å². The molecule has 0 N–H and O–H groups in total. The SMILES string of the molecule is N#Cc1cc(C(F)(F)F)ccc1Oc1ccc(Cl)cc1Br. The molecule has 2 nitrogen and oxygen atoms in total. The van der Waals surface area contributed by atoms with Crippen LogP contribution in [-0.4, -0.2) is 0 Å². The van der Waals surface area contributed by atoms with Gasteiger partial charge in [0, 0.05) is 5.02 Å². The van der Waals surface area contributed by atoms with Gasteiger partial charge in [-0.1, -0.05) is 11.6 Å². The molecule has 0 heterocycles. The second-order valence-electron chi connectivity index (χ2n) is 4.00. The van der Waals surface area contributed by atoms with E-state index in [-0.39, 0.29) is 11.3 Å². The number of nitriles is 1. The van der Waals surface area contributed by atoms with Crippen molar-refractivity contribution in [3.05, 3.63) is 57.0 Å². The highest BCUT2D eigenvalue weighted by molar-refractivity contribution is 9.10. The van der Waals surface area contributed by atoms with Gasteiger partial charge >= 0.3 is 6.18 Å². The molecular weight excluding hydrogens is 371 g/mol. The van der Waals surface area contributed by atoms with Gasteiger partial charge in [0.25, 0.3) is 0 Å². The summed E-state index contributed by atoms with van der Waals surface area (Å²) in [7, 11) is 0. The van der Waals surface area contributed by atoms with Crippen molar-refractivity contribution in [3.63, 3.8) is 0 Å². The normalized spacial score (nSPS) is 11.0. The molecule has 0 spiro atoms. The smallest absolute Gasteiger partial charge is 0.416 e. The van der Waals surface area contributed by atoms with Crippen molar-refractivity contribution in [1.82, 2.24) is 0 Å². The number of hydrogen-bond donors (Lipinski definition) is 0. The molecule has 0 aliphatic carbocycles. The summed E-state index contributed by atoms with van der Waals surface area (Å²) in [5.41, 5.74) is -1.10. The lowest BCUT2D eigenvalue weighted by Gasteiger charge is -2.12. The van der Waals surface area contributed by atoms with Gasteiger partial charge in [-0.05, 0) is 52.3 Å². The summed E-state index contributed by atoms with van der Waals surface area (Å²) in [6.07, 6.45) is -4.51. The summed E-state index contributed by atoms with van der Waals surface area (Å²) in [4.78, 5) is 0. The highest BCUT2D eigenvalue weighted by Crippen LogP contribution is 2.36. The van der Waals surface area contributed by atoms with Gasteiger partial charge in [0.2, 0.25) is 0 Å². The lowest BCUT2D eigenvalue weighted by atomic mass is 10.1. The van der Waals surface area contributed by atoms with Crippen LogP contribution in [0, 0.1) is 11.3 Å². The summed E-state index contributed by atoms with van der Waals surface area (Å²) in [6, 6.07) is 9.11. The minimum atomic E-state index is -4.51. The highest BCUT2D eigenvalue weighted by atomic mass is 79.9. The first kappa shape index (κ1) is 15.7. The van der Waals surface area contributed by atoms with Gasteiger partial charge in [-0.2, -0.15) is 18.4 Å². The van der Waals surface area contributed by atoms with Crippen LogP contribution in [0.2, 0.25) is 5.02 Å². The molecule has 0 amide bonds. The Morgan fingerprint density at radius 3 is 2.33 bits per heavy atom. The lowest BCUT2D eigenvalue weighted by Crippen LogP contribution is -2.05. The molecule has 0 radical (unpaired) electrons. The van der Waals surface area contributed by atoms with Crippen molar-refractivity contribution in [3.8, 4) is 17.6 Å². The molecular formula is C14H6BrClF3NO. The van der Waals surface area contributed by atoms with E-state index in [1.165, 1.54) is 0 Å². The third-order valence-electron chi connectivity index (χ3n) is 2.54. The second-order valence-corrected chi connectivity index (χ2v) is 5.29. The summed E-state index contributed by atoms with van der Waals surface area (Å²) in [5.74, 6) is 0.379. The number of alkyl halides is 3. The van der Waals surface area contributed by atoms with Gasteiger partial charge in [-0.15, -0.1) is 0 Å². The Labute approximate surface area is 131 Å². The predicted octanol–water partition coefficient (Wildman–Crippen LogP) is 5.79. The topological polar surface area (TPSA) is 33.0 Å². The summed E-state index contributed by atoms with van der Waals surface area (Å²) < 4.78 is 43.8. The Kier molecular flexibility index (Phi) is 4.45. The molecule has 0 unspecified atom stereocenters. The third-order valence-corrected chi connectivity index (χ3v) is 3.40. The zero-order chi connectivity index (χ0) is 15.6. The number of halogens is 5. The van der Waals surface area contributed by atoms with Crippen LogP contribution in [0.4, 0.5) is 13.2 Å². The van der Waals surface area contributed by atoms with Crippen LogP contribution in [-0.2, 0) is 6.18 Å². The van der Waals surface area contributed by atoms with E-state index in [4.69, 9.17) is 21.6 Å². The van der Waals surface area contributed by atoms with E-state index in [2.05, 4.69) is 15.9 Å². The number of hydrogen-bond acceptors (Lipinski definition) is 2. The number of nitrogens with zero attached hydrogens (tertiary/aromatic N) is 1. The van der Waals surface area contributed by atoms with Crippen LogP contribution >= 0.6 is 27.5 Å². The molecule has 0 saturated heterocycles. The average molecular weight is 377 g/mol. The Morgan fingerprint density at radius 2 is 1.76 bits per heavy atom. The predicted molar refractivity (Wildman–Crippen MR) is 75.4 cm³/mol. The van der Waals surface area contributed by atoms with E-state index in [9.17, 15) is 13.2 Å². The molecule has 0 bridgehead atoms. The van der Waals surface area contributed by atoms with E-state index in [1.54, 1.807) is 24.3 Å².